The van der Waals surface area contributed by atoms with Gasteiger partial charge in [0.1, 0.15) is 0 Å². The maximum absolute atomic E-state index is 5.48. The summed E-state index contributed by atoms with van der Waals surface area (Å²) < 4.78 is 5.48. The Morgan fingerprint density at radius 3 is 3.13 bits per heavy atom. The van der Waals surface area contributed by atoms with Crippen LogP contribution in [0, 0.1) is 0 Å². The van der Waals surface area contributed by atoms with Crippen LogP contribution >= 0.6 is 23.1 Å². The summed E-state index contributed by atoms with van der Waals surface area (Å²) in [5.41, 5.74) is 5.40. The van der Waals surface area contributed by atoms with E-state index in [9.17, 15) is 0 Å². The zero-order valence-corrected chi connectivity index (χ0v) is 9.68. The van der Waals surface area contributed by atoms with Crippen LogP contribution in [0.5, 0.6) is 0 Å². The molecule has 0 fully saturated rings. The Bertz CT molecular complexity index is 399. The first-order chi connectivity index (χ1) is 7.40. The average Bonchev–Trinajstić information content (AvgIpc) is 2.87. The molecule has 0 aromatic carbocycles. The summed E-state index contributed by atoms with van der Waals surface area (Å²) in [4.78, 5) is 1.01. The summed E-state index contributed by atoms with van der Waals surface area (Å²) in [5, 5.41) is 10.5. The number of hydrogen-bond donors (Lipinski definition) is 1. The fraction of sp³-hybridized carbons (Fsp3) is 0.333. The molecule has 15 heavy (non-hydrogen) atoms. The standard InChI is InChI=1S/C9H11N3OS2/c10-4-2-6-15-9-12-11-8(13-9)7-3-1-5-14-7/h1,3,5H,2,4,6,10H2. The third kappa shape index (κ3) is 2.80. The van der Waals surface area contributed by atoms with Crippen LogP contribution < -0.4 is 5.73 Å². The van der Waals surface area contributed by atoms with Gasteiger partial charge in [0.2, 0.25) is 0 Å². The summed E-state index contributed by atoms with van der Waals surface area (Å²) >= 11 is 3.14. The number of hydrogen-bond acceptors (Lipinski definition) is 6. The second-order valence-corrected chi connectivity index (χ2v) is 4.83. The van der Waals surface area contributed by atoms with E-state index in [1.54, 1.807) is 23.1 Å². The number of nitrogens with zero attached hydrogens (tertiary/aromatic N) is 2. The van der Waals surface area contributed by atoms with Gasteiger partial charge in [-0.15, -0.1) is 21.5 Å². The van der Waals surface area contributed by atoms with Crippen molar-refractivity contribution in [2.75, 3.05) is 12.3 Å². The first kappa shape index (κ1) is 10.7. The molecule has 0 unspecified atom stereocenters. The number of thioether (sulfide) groups is 1. The van der Waals surface area contributed by atoms with E-state index in [2.05, 4.69) is 10.2 Å². The van der Waals surface area contributed by atoms with Gasteiger partial charge in [0.05, 0.1) is 4.88 Å². The van der Waals surface area contributed by atoms with Crippen LogP contribution in [0.4, 0.5) is 0 Å². The maximum atomic E-state index is 5.48. The topological polar surface area (TPSA) is 64.9 Å². The molecule has 2 rings (SSSR count). The zero-order valence-electron chi connectivity index (χ0n) is 8.05. The smallest absolute Gasteiger partial charge is 0.276 e. The van der Waals surface area contributed by atoms with Crippen LogP contribution in [0.15, 0.2) is 27.2 Å². The lowest BCUT2D eigenvalue weighted by atomic mass is 10.5. The van der Waals surface area contributed by atoms with Gasteiger partial charge in [-0.1, -0.05) is 17.8 Å². The van der Waals surface area contributed by atoms with Gasteiger partial charge in [-0.25, -0.2) is 0 Å². The molecule has 0 aliphatic carbocycles. The molecule has 2 aromatic rings. The van der Waals surface area contributed by atoms with Crippen molar-refractivity contribution in [3.05, 3.63) is 17.5 Å². The van der Waals surface area contributed by atoms with Crippen molar-refractivity contribution in [2.24, 2.45) is 5.73 Å². The van der Waals surface area contributed by atoms with E-state index in [0.29, 0.717) is 17.7 Å². The van der Waals surface area contributed by atoms with E-state index in [4.69, 9.17) is 10.2 Å². The lowest BCUT2D eigenvalue weighted by Crippen LogP contribution is -1.99. The molecule has 2 N–H and O–H groups in total. The minimum Gasteiger partial charge on any atom is -0.410 e. The van der Waals surface area contributed by atoms with E-state index < -0.39 is 0 Å². The van der Waals surface area contributed by atoms with Gasteiger partial charge in [0, 0.05) is 5.75 Å². The lowest BCUT2D eigenvalue weighted by Gasteiger charge is -1.92. The molecule has 2 aromatic heterocycles. The Labute approximate surface area is 95.9 Å². The van der Waals surface area contributed by atoms with Crippen molar-refractivity contribution in [1.82, 2.24) is 10.2 Å². The van der Waals surface area contributed by atoms with Crippen LogP contribution in [0.2, 0.25) is 0 Å². The number of aromatic nitrogens is 2. The average molecular weight is 241 g/mol. The van der Waals surface area contributed by atoms with Gasteiger partial charge in [-0.2, -0.15) is 0 Å². The predicted molar refractivity (Wildman–Crippen MR) is 62.0 cm³/mol. The minimum absolute atomic E-state index is 0.597. The molecule has 6 heteroatoms. The quantitative estimate of drug-likeness (QED) is 0.642. The Hall–Kier alpha value is -0.850. The van der Waals surface area contributed by atoms with Gasteiger partial charge in [0.25, 0.3) is 11.1 Å². The molecule has 0 saturated heterocycles. The molecular weight excluding hydrogens is 230 g/mol. The van der Waals surface area contributed by atoms with Crippen molar-refractivity contribution >= 4 is 23.1 Å². The van der Waals surface area contributed by atoms with Crippen LogP contribution in [0.3, 0.4) is 0 Å². The highest BCUT2D eigenvalue weighted by atomic mass is 32.2. The zero-order chi connectivity index (χ0) is 10.5. The summed E-state index contributed by atoms with van der Waals surface area (Å²) in [6.45, 7) is 0.693. The van der Waals surface area contributed by atoms with E-state index in [-0.39, 0.29) is 0 Å². The van der Waals surface area contributed by atoms with E-state index >= 15 is 0 Å². The van der Waals surface area contributed by atoms with Crippen molar-refractivity contribution in [3.8, 4) is 10.8 Å². The molecule has 0 bridgehead atoms. The molecule has 4 nitrogen and oxygen atoms in total. The Morgan fingerprint density at radius 1 is 1.47 bits per heavy atom. The van der Waals surface area contributed by atoms with Crippen molar-refractivity contribution in [3.63, 3.8) is 0 Å². The molecule has 0 aliphatic heterocycles. The molecule has 0 atom stereocenters. The molecular formula is C9H11N3OS2. The highest BCUT2D eigenvalue weighted by Gasteiger charge is 2.08. The Morgan fingerprint density at radius 2 is 2.40 bits per heavy atom. The SMILES string of the molecule is NCCCSc1nnc(-c2cccs2)o1. The third-order valence-electron chi connectivity index (χ3n) is 1.71. The fourth-order valence-corrected chi connectivity index (χ4v) is 2.38. The number of nitrogens with two attached hydrogens (primary N) is 1. The molecule has 0 radical (unpaired) electrons. The predicted octanol–water partition coefficient (Wildman–Crippen LogP) is 2.24. The normalized spacial score (nSPS) is 10.7. The summed E-state index contributed by atoms with van der Waals surface area (Å²) in [6.07, 6.45) is 0.960. The second-order valence-electron chi connectivity index (χ2n) is 2.84. The number of thiophene rings is 1. The van der Waals surface area contributed by atoms with Gasteiger partial charge in [-0.3, -0.25) is 0 Å². The van der Waals surface area contributed by atoms with Crippen LogP contribution in [0.25, 0.3) is 10.8 Å². The van der Waals surface area contributed by atoms with Crippen LogP contribution in [-0.2, 0) is 0 Å². The highest BCUT2D eigenvalue weighted by Crippen LogP contribution is 2.26. The Balaban J connectivity index is 1.98. The van der Waals surface area contributed by atoms with Gasteiger partial charge < -0.3 is 10.2 Å². The van der Waals surface area contributed by atoms with Crippen LogP contribution in [0.1, 0.15) is 6.42 Å². The van der Waals surface area contributed by atoms with E-state index in [1.807, 2.05) is 17.5 Å². The number of rotatable bonds is 5. The molecule has 80 valence electrons. The highest BCUT2D eigenvalue weighted by molar-refractivity contribution is 7.99. The molecule has 0 aliphatic rings. The molecule has 0 saturated carbocycles. The summed E-state index contributed by atoms with van der Waals surface area (Å²) in [7, 11) is 0. The van der Waals surface area contributed by atoms with Gasteiger partial charge in [0.15, 0.2) is 0 Å². The fourth-order valence-electron chi connectivity index (χ4n) is 1.01. The minimum atomic E-state index is 0.597. The Kier molecular flexibility index (Phi) is 3.76. The van der Waals surface area contributed by atoms with Gasteiger partial charge in [-0.05, 0) is 24.4 Å². The largest absolute Gasteiger partial charge is 0.410 e. The van der Waals surface area contributed by atoms with Crippen molar-refractivity contribution < 1.29 is 4.42 Å². The third-order valence-corrected chi connectivity index (χ3v) is 3.48. The molecule has 0 spiro atoms. The lowest BCUT2D eigenvalue weighted by molar-refractivity contribution is 0.466. The maximum Gasteiger partial charge on any atom is 0.276 e. The first-order valence-electron chi connectivity index (χ1n) is 4.60. The molecule has 0 amide bonds. The monoisotopic (exact) mass is 241 g/mol. The van der Waals surface area contributed by atoms with Gasteiger partial charge >= 0.3 is 0 Å². The molecule has 2 heterocycles. The van der Waals surface area contributed by atoms with E-state index in [0.717, 1.165) is 17.1 Å². The van der Waals surface area contributed by atoms with Crippen molar-refractivity contribution in [1.29, 1.82) is 0 Å². The summed E-state index contributed by atoms with van der Waals surface area (Å²) in [6, 6.07) is 3.93. The van der Waals surface area contributed by atoms with Crippen LogP contribution in [-0.4, -0.2) is 22.5 Å². The first-order valence-corrected chi connectivity index (χ1v) is 6.47. The van der Waals surface area contributed by atoms with Crippen molar-refractivity contribution in [2.45, 2.75) is 11.6 Å². The second kappa shape index (κ2) is 5.29. The van der Waals surface area contributed by atoms with E-state index in [1.165, 1.54) is 0 Å². The summed E-state index contributed by atoms with van der Waals surface area (Å²) in [5.74, 6) is 1.52.